The molecule has 3 rings (SSSR count). The molecule has 0 fully saturated rings. The van der Waals surface area contributed by atoms with Crippen LogP contribution < -0.4 is 0 Å². The number of hydrogen-bond donors (Lipinski definition) is 0. The zero-order valence-electron chi connectivity index (χ0n) is 11.1. The first kappa shape index (κ1) is 16.1. The first-order valence-corrected chi connectivity index (χ1v) is 6.36. The molecule has 0 heterocycles. The summed E-state index contributed by atoms with van der Waals surface area (Å²) >= 11 is 0. The molecule has 0 N–H and O–H groups in total. The molecule has 0 saturated heterocycles. The van der Waals surface area contributed by atoms with Crippen LogP contribution in [0, 0.1) is 11.8 Å². The first-order chi connectivity index (χ1) is 9.45. The maximum absolute atomic E-state index is 3.15. The van der Waals surface area contributed by atoms with Gasteiger partial charge in [-0.25, -0.2) is 24.3 Å². The Morgan fingerprint density at radius 1 is 0.850 bits per heavy atom. The summed E-state index contributed by atoms with van der Waals surface area (Å²) in [6, 6.07) is 28.3. The molecule has 0 bridgehead atoms. The maximum Gasteiger partial charge on any atom is 2.00 e. The van der Waals surface area contributed by atoms with Crippen LogP contribution >= 0.6 is 0 Å². The molecule has 3 aromatic rings. The van der Waals surface area contributed by atoms with Gasteiger partial charge in [0.05, 0.1) is 0 Å². The van der Waals surface area contributed by atoms with Crippen LogP contribution in [0.1, 0.15) is 11.1 Å². The van der Waals surface area contributed by atoms with E-state index >= 15 is 0 Å². The Hall–Kier alpha value is -2.00. The van der Waals surface area contributed by atoms with Crippen molar-refractivity contribution in [3.05, 3.63) is 96.1 Å². The molecular weight excluding hydrogens is 284 g/mol. The van der Waals surface area contributed by atoms with Gasteiger partial charge in [-0.1, -0.05) is 24.1 Å². The van der Waals surface area contributed by atoms with Gasteiger partial charge in [0, 0.05) is 5.56 Å². The molecule has 0 unspecified atom stereocenters. The number of rotatable bonds is 1. The van der Waals surface area contributed by atoms with E-state index in [1.807, 2.05) is 72.8 Å². The molecule has 0 atom stereocenters. The Kier molecular flexibility index (Phi) is 7.92. The molecule has 0 nitrogen and oxygen atoms in total. The van der Waals surface area contributed by atoms with E-state index in [-0.39, 0.29) is 17.1 Å². The van der Waals surface area contributed by atoms with Crippen LogP contribution in [0.3, 0.4) is 0 Å². The smallest absolute Gasteiger partial charge is 0.214 e. The Morgan fingerprint density at radius 3 is 2.05 bits per heavy atom. The van der Waals surface area contributed by atoms with Gasteiger partial charge in [0.15, 0.2) is 0 Å². The average Bonchev–Trinajstić information content (AvgIpc) is 3.16. The third-order valence-electron chi connectivity index (χ3n) is 2.59. The third kappa shape index (κ3) is 6.25. The van der Waals surface area contributed by atoms with Gasteiger partial charge in [-0.15, -0.1) is 11.5 Å². The molecule has 0 aliphatic carbocycles. The normalized spacial score (nSPS) is 8.40. The van der Waals surface area contributed by atoms with Crippen LogP contribution in [0.5, 0.6) is 0 Å². The van der Waals surface area contributed by atoms with Crippen LogP contribution in [-0.4, -0.2) is 0 Å². The second kappa shape index (κ2) is 9.87. The molecule has 0 aliphatic rings. The van der Waals surface area contributed by atoms with Gasteiger partial charge >= 0.3 is 17.1 Å². The zero-order chi connectivity index (χ0) is 13.2. The minimum atomic E-state index is 0. The predicted octanol–water partition coefficient (Wildman–Crippen LogP) is 4.40. The Bertz CT molecular complexity index is 576. The fourth-order valence-corrected chi connectivity index (χ4v) is 1.62. The van der Waals surface area contributed by atoms with Crippen molar-refractivity contribution in [1.82, 2.24) is 0 Å². The Balaban J connectivity index is 0.000000283. The first-order valence-electron chi connectivity index (χ1n) is 6.36. The van der Waals surface area contributed by atoms with E-state index in [1.54, 1.807) is 0 Å². The minimum absolute atomic E-state index is 0. The van der Waals surface area contributed by atoms with E-state index in [0.29, 0.717) is 0 Å². The molecule has 100 valence electrons. The minimum Gasteiger partial charge on any atom is -0.214 e. The van der Waals surface area contributed by atoms with Crippen LogP contribution in [0.2, 0.25) is 0 Å². The van der Waals surface area contributed by atoms with Crippen molar-refractivity contribution in [1.29, 1.82) is 0 Å². The topological polar surface area (TPSA) is 0 Å². The monoisotopic (exact) mass is 300 g/mol. The van der Waals surface area contributed by atoms with Crippen LogP contribution in [0.4, 0.5) is 0 Å². The molecule has 0 saturated carbocycles. The maximum atomic E-state index is 3.15. The summed E-state index contributed by atoms with van der Waals surface area (Å²) in [6.45, 7) is 0. The SMILES string of the molecule is C(#Cc1ccccc1)C[c-]1cccc1.[Fe+2].c1cc[cH-]c1. The summed E-state index contributed by atoms with van der Waals surface area (Å²) in [5.41, 5.74) is 2.37. The largest absolute Gasteiger partial charge is 2.00 e. The molecule has 0 spiro atoms. The summed E-state index contributed by atoms with van der Waals surface area (Å²) in [5, 5.41) is 0. The van der Waals surface area contributed by atoms with Gasteiger partial charge in [-0.05, 0) is 18.6 Å². The Labute approximate surface area is 131 Å². The molecule has 1 heteroatoms. The van der Waals surface area contributed by atoms with Gasteiger partial charge in [-0.3, -0.25) is 0 Å². The van der Waals surface area contributed by atoms with Crippen molar-refractivity contribution in [3.8, 4) is 11.8 Å². The van der Waals surface area contributed by atoms with Gasteiger partial charge in [0.1, 0.15) is 0 Å². The van der Waals surface area contributed by atoms with Gasteiger partial charge in [0.25, 0.3) is 0 Å². The molecule has 20 heavy (non-hydrogen) atoms. The molecule has 0 amide bonds. The fourth-order valence-electron chi connectivity index (χ4n) is 1.62. The zero-order valence-corrected chi connectivity index (χ0v) is 12.2. The number of hydrogen-bond acceptors (Lipinski definition) is 0. The quantitative estimate of drug-likeness (QED) is 0.355. The van der Waals surface area contributed by atoms with Crippen molar-refractivity contribution in [3.63, 3.8) is 0 Å². The van der Waals surface area contributed by atoms with E-state index in [9.17, 15) is 0 Å². The second-order valence-electron chi connectivity index (χ2n) is 4.10. The van der Waals surface area contributed by atoms with Crippen LogP contribution in [-0.2, 0) is 23.5 Å². The molecule has 0 aliphatic heterocycles. The predicted molar refractivity (Wildman–Crippen MR) is 81.1 cm³/mol. The van der Waals surface area contributed by atoms with E-state index in [0.717, 1.165) is 12.0 Å². The van der Waals surface area contributed by atoms with Gasteiger partial charge < -0.3 is 0 Å². The number of benzene rings is 1. The summed E-state index contributed by atoms with van der Waals surface area (Å²) in [6.07, 6.45) is 0.835. The molecule has 0 radical (unpaired) electrons. The summed E-state index contributed by atoms with van der Waals surface area (Å²) in [4.78, 5) is 0. The Morgan fingerprint density at radius 2 is 1.50 bits per heavy atom. The van der Waals surface area contributed by atoms with E-state index in [2.05, 4.69) is 24.0 Å². The van der Waals surface area contributed by atoms with Crippen molar-refractivity contribution in [2.24, 2.45) is 0 Å². The summed E-state index contributed by atoms with van der Waals surface area (Å²) in [7, 11) is 0. The third-order valence-corrected chi connectivity index (χ3v) is 2.59. The average molecular weight is 300 g/mol. The van der Waals surface area contributed by atoms with Crippen LogP contribution in [0.25, 0.3) is 0 Å². The van der Waals surface area contributed by atoms with E-state index in [4.69, 9.17) is 0 Å². The molecule has 0 aromatic heterocycles. The second-order valence-corrected chi connectivity index (χ2v) is 4.10. The molecule has 3 aromatic carbocycles. The van der Waals surface area contributed by atoms with E-state index in [1.165, 1.54) is 5.56 Å². The summed E-state index contributed by atoms with van der Waals surface area (Å²) in [5.74, 6) is 6.29. The van der Waals surface area contributed by atoms with Crippen molar-refractivity contribution >= 4 is 0 Å². The van der Waals surface area contributed by atoms with Crippen molar-refractivity contribution < 1.29 is 17.1 Å². The van der Waals surface area contributed by atoms with Crippen LogP contribution in [0.15, 0.2) is 84.9 Å². The van der Waals surface area contributed by atoms with Crippen molar-refractivity contribution in [2.75, 3.05) is 0 Å². The van der Waals surface area contributed by atoms with Crippen molar-refractivity contribution in [2.45, 2.75) is 6.42 Å². The summed E-state index contributed by atoms with van der Waals surface area (Å²) < 4.78 is 0. The van der Waals surface area contributed by atoms with Gasteiger partial charge in [0.2, 0.25) is 0 Å². The fraction of sp³-hybridized carbons (Fsp3) is 0.0526. The van der Waals surface area contributed by atoms with E-state index < -0.39 is 0 Å². The van der Waals surface area contributed by atoms with Gasteiger partial charge in [-0.2, -0.15) is 30.3 Å². The molecular formula is C19H16Fe. The standard InChI is InChI=1S/C14H11.C5H5.Fe/c1-2-7-13(8-3-1)11-6-12-14-9-4-5-10-14;1-2-4-5-3-1;/h1-5,7-10H,12H2;1-5H;/q2*-1;+2.